The van der Waals surface area contributed by atoms with Gasteiger partial charge in [0.2, 0.25) is 0 Å². The van der Waals surface area contributed by atoms with Crippen molar-refractivity contribution in [2.45, 2.75) is 0 Å². The number of pyridine rings is 1. The molecule has 11 aromatic rings. The zero-order chi connectivity index (χ0) is 34.2. The van der Waals surface area contributed by atoms with Crippen molar-refractivity contribution in [3.8, 4) is 33.5 Å². The van der Waals surface area contributed by atoms with Crippen LogP contribution >= 0.6 is 0 Å². The fraction of sp³-hybridized carbons (Fsp3) is 0. The van der Waals surface area contributed by atoms with Crippen LogP contribution in [0.1, 0.15) is 0 Å². The van der Waals surface area contributed by atoms with E-state index in [-0.39, 0.29) is 0 Å². The van der Waals surface area contributed by atoms with Crippen molar-refractivity contribution < 1.29 is 0 Å². The molecule has 0 aliphatic heterocycles. The molecule has 0 amide bonds. The summed E-state index contributed by atoms with van der Waals surface area (Å²) < 4.78 is 0. The van der Waals surface area contributed by atoms with Gasteiger partial charge in [-0.05, 0) is 111 Å². The Bertz CT molecular complexity index is 3160. The molecule has 10 aromatic carbocycles. The van der Waals surface area contributed by atoms with Crippen molar-refractivity contribution in [2.75, 3.05) is 0 Å². The topological polar surface area (TPSA) is 12.9 Å². The summed E-state index contributed by atoms with van der Waals surface area (Å²) in [7, 11) is 0. The molecule has 0 aliphatic rings. The van der Waals surface area contributed by atoms with Gasteiger partial charge in [0.25, 0.3) is 0 Å². The molecule has 0 atom stereocenters. The number of aromatic nitrogens is 1. The second-order valence-electron chi connectivity index (χ2n) is 13.9. The minimum absolute atomic E-state index is 0.972. The lowest BCUT2D eigenvalue weighted by Crippen LogP contribution is -1.91. The predicted octanol–water partition coefficient (Wildman–Crippen LogP) is 14.2. The Balaban J connectivity index is 1.04. The van der Waals surface area contributed by atoms with Crippen LogP contribution in [0.4, 0.5) is 0 Å². The van der Waals surface area contributed by atoms with E-state index in [1.807, 2.05) is 0 Å². The molecule has 1 heteroatoms. The van der Waals surface area contributed by atoms with E-state index in [1.54, 1.807) is 0 Å². The lowest BCUT2D eigenvalue weighted by atomic mass is 9.91. The Labute approximate surface area is 301 Å². The van der Waals surface area contributed by atoms with Crippen molar-refractivity contribution in [3.63, 3.8) is 0 Å². The molecule has 0 unspecified atom stereocenters. The van der Waals surface area contributed by atoms with Gasteiger partial charge < -0.3 is 0 Å². The van der Waals surface area contributed by atoms with Crippen molar-refractivity contribution >= 4 is 75.5 Å². The van der Waals surface area contributed by atoms with E-state index in [1.165, 1.54) is 86.9 Å². The summed E-state index contributed by atoms with van der Waals surface area (Å²) in [5, 5.41) is 16.6. The van der Waals surface area contributed by atoms with Gasteiger partial charge in [0.15, 0.2) is 0 Å². The van der Waals surface area contributed by atoms with Crippen LogP contribution in [-0.4, -0.2) is 4.98 Å². The van der Waals surface area contributed by atoms with E-state index < -0.39 is 0 Å². The van der Waals surface area contributed by atoms with Gasteiger partial charge in [-0.25, -0.2) is 4.98 Å². The van der Waals surface area contributed by atoms with Crippen molar-refractivity contribution in [3.05, 3.63) is 188 Å². The normalized spacial score (nSPS) is 11.8. The summed E-state index contributed by atoms with van der Waals surface area (Å²) in [6.07, 6.45) is 0. The number of para-hydroxylation sites is 1. The molecular weight excluding hydrogens is 627 g/mol. The Kier molecular flexibility index (Phi) is 6.32. The molecule has 1 aromatic heterocycles. The molecule has 1 nitrogen and oxygen atoms in total. The van der Waals surface area contributed by atoms with Crippen LogP contribution in [0.5, 0.6) is 0 Å². The summed E-state index contributed by atoms with van der Waals surface area (Å²) in [6, 6.07) is 68.7. The molecule has 0 N–H and O–H groups in total. The molecule has 0 radical (unpaired) electrons. The SMILES string of the molecule is c1ccc2c(-c3ccc4c5ccccc5c5ccccc5c4c3)cc(-c3ccc(-c4ccc5c6ccccc6c6ccccc6c5c4)cc3)nc2c1. The highest BCUT2D eigenvalue weighted by Gasteiger charge is 2.14. The summed E-state index contributed by atoms with van der Waals surface area (Å²) in [5.41, 5.74) is 7.86. The van der Waals surface area contributed by atoms with E-state index in [4.69, 9.17) is 4.98 Å². The highest BCUT2D eigenvalue weighted by Crippen LogP contribution is 2.40. The highest BCUT2D eigenvalue weighted by atomic mass is 14.7. The number of fused-ring (bicyclic) bond motifs is 13. The van der Waals surface area contributed by atoms with E-state index in [0.29, 0.717) is 0 Å². The highest BCUT2D eigenvalue weighted by molar-refractivity contribution is 6.27. The molecular formula is C51H31N. The van der Waals surface area contributed by atoms with Crippen molar-refractivity contribution in [1.82, 2.24) is 4.98 Å². The second-order valence-corrected chi connectivity index (χ2v) is 13.9. The van der Waals surface area contributed by atoms with Gasteiger partial charge in [-0.2, -0.15) is 0 Å². The number of hydrogen-bond acceptors (Lipinski definition) is 1. The Morgan fingerprint density at radius 1 is 0.231 bits per heavy atom. The maximum atomic E-state index is 5.19. The molecule has 0 spiro atoms. The summed E-state index contributed by atoms with van der Waals surface area (Å²) in [4.78, 5) is 5.19. The third-order valence-electron chi connectivity index (χ3n) is 11.0. The number of rotatable bonds is 3. The number of nitrogens with zero attached hydrogens (tertiary/aromatic N) is 1. The monoisotopic (exact) mass is 657 g/mol. The van der Waals surface area contributed by atoms with Gasteiger partial charge in [0, 0.05) is 10.9 Å². The first-order valence-corrected chi connectivity index (χ1v) is 18.0. The third-order valence-corrected chi connectivity index (χ3v) is 11.0. The molecule has 0 saturated carbocycles. The largest absolute Gasteiger partial charge is 0.248 e. The first-order chi connectivity index (χ1) is 25.8. The van der Waals surface area contributed by atoms with Crippen molar-refractivity contribution in [2.24, 2.45) is 0 Å². The van der Waals surface area contributed by atoms with Crippen LogP contribution in [-0.2, 0) is 0 Å². The lowest BCUT2D eigenvalue weighted by molar-refractivity contribution is 1.40. The smallest absolute Gasteiger partial charge is 0.0715 e. The Morgan fingerprint density at radius 3 is 1.08 bits per heavy atom. The molecule has 52 heavy (non-hydrogen) atoms. The molecule has 11 rings (SSSR count). The lowest BCUT2D eigenvalue weighted by Gasteiger charge is -2.14. The standard InChI is InChI=1S/C51H31N/c1-3-15-40-36(11-1)38-13-5-7-17-42(38)48-29-34(25-27-44(40)48)32-21-23-33(24-22-32)51-31-47(46-19-9-10-20-50(46)52-51)35-26-28-45-41-16-4-2-12-37(41)39-14-6-8-18-43(39)49(45)30-35/h1-31H. The zero-order valence-electron chi connectivity index (χ0n) is 28.3. The van der Waals surface area contributed by atoms with Crippen LogP contribution in [0, 0.1) is 0 Å². The molecule has 0 saturated heterocycles. The van der Waals surface area contributed by atoms with Crippen LogP contribution in [0.25, 0.3) is 109 Å². The first kappa shape index (κ1) is 29.0. The molecule has 1 heterocycles. The molecule has 0 bridgehead atoms. The minimum atomic E-state index is 0.972. The van der Waals surface area contributed by atoms with E-state index in [0.717, 1.165) is 22.2 Å². The van der Waals surface area contributed by atoms with Crippen LogP contribution in [0.15, 0.2) is 188 Å². The third kappa shape index (κ3) is 4.39. The van der Waals surface area contributed by atoms with E-state index in [2.05, 4.69) is 188 Å². The first-order valence-electron chi connectivity index (χ1n) is 18.0. The van der Waals surface area contributed by atoms with Crippen LogP contribution in [0.2, 0.25) is 0 Å². The summed E-state index contributed by atoms with van der Waals surface area (Å²) >= 11 is 0. The predicted molar refractivity (Wildman–Crippen MR) is 223 cm³/mol. The number of hydrogen-bond donors (Lipinski definition) is 0. The molecule has 240 valence electrons. The van der Waals surface area contributed by atoms with Crippen LogP contribution < -0.4 is 0 Å². The second kappa shape index (κ2) is 11.3. The number of benzene rings is 10. The van der Waals surface area contributed by atoms with Gasteiger partial charge in [0.05, 0.1) is 11.2 Å². The fourth-order valence-electron chi connectivity index (χ4n) is 8.56. The molecule has 0 aliphatic carbocycles. The van der Waals surface area contributed by atoms with Gasteiger partial charge in [-0.15, -0.1) is 0 Å². The quantitative estimate of drug-likeness (QED) is 0.172. The van der Waals surface area contributed by atoms with Gasteiger partial charge in [0.1, 0.15) is 0 Å². The zero-order valence-corrected chi connectivity index (χ0v) is 28.3. The Morgan fingerprint density at radius 2 is 0.577 bits per heavy atom. The average molecular weight is 658 g/mol. The Hall–Kier alpha value is -6.83. The van der Waals surface area contributed by atoms with Crippen LogP contribution in [0.3, 0.4) is 0 Å². The van der Waals surface area contributed by atoms with E-state index >= 15 is 0 Å². The maximum Gasteiger partial charge on any atom is 0.0715 e. The maximum absolute atomic E-state index is 5.19. The minimum Gasteiger partial charge on any atom is -0.248 e. The van der Waals surface area contributed by atoms with Gasteiger partial charge >= 0.3 is 0 Å². The van der Waals surface area contributed by atoms with Crippen molar-refractivity contribution in [1.29, 1.82) is 0 Å². The molecule has 0 fully saturated rings. The summed E-state index contributed by atoms with van der Waals surface area (Å²) in [6.45, 7) is 0. The van der Waals surface area contributed by atoms with Gasteiger partial charge in [-0.1, -0.05) is 164 Å². The van der Waals surface area contributed by atoms with Gasteiger partial charge in [-0.3, -0.25) is 0 Å². The fourth-order valence-corrected chi connectivity index (χ4v) is 8.56. The summed E-state index contributed by atoms with van der Waals surface area (Å²) in [5.74, 6) is 0. The average Bonchev–Trinajstić information content (AvgIpc) is 3.23. The van der Waals surface area contributed by atoms with E-state index in [9.17, 15) is 0 Å².